The topological polar surface area (TPSA) is 67.3 Å². The number of likely N-dealkylation sites (N-methyl/N-ethyl adjacent to an activating group) is 1. The lowest BCUT2D eigenvalue weighted by molar-refractivity contribution is 0.0791. The fraction of sp³-hybridized carbons (Fsp3) is 0.190. The van der Waals surface area contributed by atoms with E-state index in [0.717, 1.165) is 17.7 Å². The first kappa shape index (κ1) is 19.6. The Morgan fingerprint density at radius 3 is 2.68 bits per heavy atom. The Labute approximate surface area is 169 Å². The highest BCUT2D eigenvalue weighted by Crippen LogP contribution is 2.30. The smallest absolute Gasteiger partial charge is 0.272 e. The number of rotatable bonds is 7. The van der Waals surface area contributed by atoms with Crippen LogP contribution in [0.25, 0.3) is 0 Å². The molecule has 0 unspecified atom stereocenters. The molecule has 0 aliphatic heterocycles. The van der Waals surface area contributed by atoms with Crippen LogP contribution in [0.1, 0.15) is 16.1 Å². The lowest BCUT2D eigenvalue weighted by Gasteiger charge is -2.17. The number of methoxy groups -OCH3 is 1. The number of hydrogen-bond donors (Lipinski definition) is 1. The van der Waals surface area contributed by atoms with Gasteiger partial charge >= 0.3 is 0 Å². The van der Waals surface area contributed by atoms with E-state index in [4.69, 9.17) is 16.3 Å². The summed E-state index contributed by atoms with van der Waals surface area (Å²) in [7, 11) is 3.36. The molecule has 0 fully saturated rings. The minimum absolute atomic E-state index is 0.143. The van der Waals surface area contributed by atoms with Crippen LogP contribution in [0.5, 0.6) is 5.75 Å². The van der Waals surface area contributed by atoms with Crippen molar-refractivity contribution in [2.45, 2.75) is 6.42 Å². The first-order valence-corrected chi connectivity index (χ1v) is 9.15. The van der Waals surface area contributed by atoms with E-state index in [9.17, 15) is 4.79 Å². The molecule has 0 radical (unpaired) electrons. The van der Waals surface area contributed by atoms with Gasteiger partial charge < -0.3 is 15.0 Å². The fourth-order valence-electron chi connectivity index (χ4n) is 2.70. The van der Waals surface area contributed by atoms with E-state index in [1.807, 2.05) is 12.1 Å². The molecule has 3 rings (SSSR count). The van der Waals surface area contributed by atoms with Gasteiger partial charge in [-0.15, -0.1) is 0 Å². The standard InChI is InChI=1S/C21H21ClN4O2/c1-26(12-8-15-5-9-23-10-6-15)21(27)19-14-17(7-11-24-19)25-18-13-16(22)3-4-20(18)28-2/h3-7,9-11,13-14H,8,12H2,1-2H3,(H,24,25). The molecule has 1 N–H and O–H groups in total. The minimum atomic E-state index is -0.143. The van der Waals surface area contributed by atoms with E-state index in [0.29, 0.717) is 28.7 Å². The number of carbonyl (C=O) groups excluding carboxylic acids is 1. The molecule has 7 heteroatoms. The number of ether oxygens (including phenoxy) is 1. The van der Waals surface area contributed by atoms with E-state index >= 15 is 0 Å². The third kappa shape index (κ3) is 4.98. The number of pyridine rings is 2. The predicted molar refractivity (Wildman–Crippen MR) is 110 cm³/mol. The molecule has 6 nitrogen and oxygen atoms in total. The first-order chi connectivity index (χ1) is 13.6. The second kappa shape index (κ2) is 9.19. The van der Waals surface area contributed by atoms with E-state index in [-0.39, 0.29) is 5.91 Å². The number of anilines is 2. The number of carbonyl (C=O) groups is 1. The van der Waals surface area contributed by atoms with Gasteiger partial charge in [0.25, 0.3) is 5.91 Å². The van der Waals surface area contributed by atoms with Crippen molar-refractivity contribution in [2.75, 3.05) is 26.0 Å². The number of amides is 1. The molecule has 0 atom stereocenters. The average molecular weight is 397 g/mol. The van der Waals surface area contributed by atoms with Crippen LogP contribution in [0.3, 0.4) is 0 Å². The molecule has 0 saturated carbocycles. The lowest BCUT2D eigenvalue weighted by Crippen LogP contribution is -2.29. The summed E-state index contributed by atoms with van der Waals surface area (Å²) in [5.74, 6) is 0.513. The Bertz CT molecular complexity index is 950. The van der Waals surface area contributed by atoms with Gasteiger partial charge in [0.05, 0.1) is 12.8 Å². The van der Waals surface area contributed by atoms with Crippen LogP contribution in [-0.4, -0.2) is 41.5 Å². The Balaban J connectivity index is 1.70. The second-order valence-electron chi connectivity index (χ2n) is 6.23. The van der Waals surface area contributed by atoms with Crippen LogP contribution in [0.2, 0.25) is 5.02 Å². The summed E-state index contributed by atoms with van der Waals surface area (Å²) in [5, 5.41) is 3.82. The van der Waals surface area contributed by atoms with Crippen molar-refractivity contribution >= 4 is 28.9 Å². The first-order valence-electron chi connectivity index (χ1n) is 8.78. The summed E-state index contributed by atoms with van der Waals surface area (Å²) >= 11 is 6.08. The molecule has 0 aliphatic rings. The zero-order chi connectivity index (χ0) is 19.9. The van der Waals surface area contributed by atoms with Crippen LogP contribution in [0.4, 0.5) is 11.4 Å². The highest BCUT2D eigenvalue weighted by atomic mass is 35.5. The Morgan fingerprint density at radius 1 is 1.14 bits per heavy atom. The average Bonchev–Trinajstić information content (AvgIpc) is 2.72. The molecule has 0 spiro atoms. The summed E-state index contributed by atoms with van der Waals surface area (Å²) < 4.78 is 5.35. The second-order valence-corrected chi connectivity index (χ2v) is 6.67. The molecular weight excluding hydrogens is 376 g/mol. The van der Waals surface area contributed by atoms with E-state index in [1.54, 1.807) is 68.0 Å². The maximum absolute atomic E-state index is 12.7. The quantitative estimate of drug-likeness (QED) is 0.648. The number of aromatic nitrogens is 2. The Morgan fingerprint density at radius 2 is 1.93 bits per heavy atom. The van der Waals surface area contributed by atoms with Gasteiger partial charge in [0.2, 0.25) is 0 Å². The van der Waals surface area contributed by atoms with E-state index in [1.165, 1.54) is 0 Å². The van der Waals surface area contributed by atoms with Crippen molar-refractivity contribution in [2.24, 2.45) is 0 Å². The Hall–Kier alpha value is -3.12. The largest absolute Gasteiger partial charge is 0.495 e. The molecule has 2 heterocycles. The summed E-state index contributed by atoms with van der Waals surface area (Å²) in [6.45, 7) is 0.588. The van der Waals surface area contributed by atoms with Gasteiger partial charge in [-0.1, -0.05) is 11.6 Å². The summed E-state index contributed by atoms with van der Waals surface area (Å²) in [6.07, 6.45) is 5.85. The summed E-state index contributed by atoms with van der Waals surface area (Å²) in [6, 6.07) is 12.7. The van der Waals surface area contributed by atoms with Gasteiger partial charge in [0.1, 0.15) is 11.4 Å². The molecule has 0 aliphatic carbocycles. The summed E-state index contributed by atoms with van der Waals surface area (Å²) in [5.41, 5.74) is 2.93. The molecule has 1 amide bonds. The van der Waals surface area contributed by atoms with Crippen molar-refractivity contribution < 1.29 is 9.53 Å². The lowest BCUT2D eigenvalue weighted by atomic mass is 10.2. The number of hydrogen-bond acceptors (Lipinski definition) is 5. The molecule has 0 saturated heterocycles. The fourth-order valence-corrected chi connectivity index (χ4v) is 2.87. The molecule has 144 valence electrons. The van der Waals surface area contributed by atoms with Gasteiger partial charge in [-0.25, -0.2) is 0 Å². The number of halogens is 1. The van der Waals surface area contributed by atoms with Gasteiger partial charge in [0.15, 0.2) is 0 Å². The van der Waals surface area contributed by atoms with Crippen LogP contribution in [0.15, 0.2) is 61.1 Å². The normalized spacial score (nSPS) is 10.4. The van der Waals surface area contributed by atoms with Crippen molar-refractivity contribution in [3.63, 3.8) is 0 Å². The van der Waals surface area contributed by atoms with Crippen LogP contribution < -0.4 is 10.1 Å². The number of nitrogens with zero attached hydrogens (tertiary/aromatic N) is 3. The molecule has 28 heavy (non-hydrogen) atoms. The monoisotopic (exact) mass is 396 g/mol. The zero-order valence-electron chi connectivity index (χ0n) is 15.7. The number of benzene rings is 1. The van der Waals surface area contributed by atoms with Crippen LogP contribution >= 0.6 is 11.6 Å². The highest BCUT2D eigenvalue weighted by molar-refractivity contribution is 6.31. The molecular formula is C21H21ClN4O2. The molecule has 0 bridgehead atoms. The van der Waals surface area contributed by atoms with Gasteiger partial charge in [0, 0.05) is 42.9 Å². The molecule has 3 aromatic rings. The van der Waals surface area contributed by atoms with Crippen LogP contribution in [-0.2, 0) is 6.42 Å². The minimum Gasteiger partial charge on any atom is -0.495 e. The van der Waals surface area contributed by atoms with Crippen molar-refractivity contribution in [3.05, 3.63) is 77.3 Å². The zero-order valence-corrected chi connectivity index (χ0v) is 16.5. The predicted octanol–water partition coefficient (Wildman–Crippen LogP) is 4.20. The van der Waals surface area contributed by atoms with Crippen molar-refractivity contribution in [3.8, 4) is 5.75 Å². The molecule has 2 aromatic heterocycles. The van der Waals surface area contributed by atoms with Crippen molar-refractivity contribution in [1.82, 2.24) is 14.9 Å². The third-order valence-corrected chi connectivity index (χ3v) is 4.49. The van der Waals surface area contributed by atoms with Gasteiger partial charge in [-0.2, -0.15) is 0 Å². The third-order valence-electron chi connectivity index (χ3n) is 4.25. The van der Waals surface area contributed by atoms with Crippen molar-refractivity contribution in [1.29, 1.82) is 0 Å². The van der Waals surface area contributed by atoms with E-state index < -0.39 is 0 Å². The van der Waals surface area contributed by atoms with Gasteiger partial charge in [-0.3, -0.25) is 14.8 Å². The number of nitrogens with one attached hydrogen (secondary N) is 1. The Kier molecular flexibility index (Phi) is 6.45. The van der Waals surface area contributed by atoms with E-state index in [2.05, 4.69) is 15.3 Å². The summed E-state index contributed by atoms with van der Waals surface area (Å²) in [4.78, 5) is 22.6. The molecule has 1 aromatic carbocycles. The maximum atomic E-state index is 12.7. The SMILES string of the molecule is COc1ccc(Cl)cc1Nc1ccnc(C(=O)N(C)CCc2ccncc2)c1. The van der Waals surface area contributed by atoms with Crippen LogP contribution in [0, 0.1) is 0 Å². The van der Waals surface area contributed by atoms with Gasteiger partial charge in [-0.05, 0) is 54.4 Å². The maximum Gasteiger partial charge on any atom is 0.272 e. The highest BCUT2D eigenvalue weighted by Gasteiger charge is 2.14.